The van der Waals surface area contributed by atoms with Gasteiger partial charge in [0.2, 0.25) is 10.0 Å². The molecule has 0 radical (unpaired) electrons. The Bertz CT molecular complexity index is 486. The van der Waals surface area contributed by atoms with Crippen molar-refractivity contribution in [3.05, 3.63) is 35.9 Å². The van der Waals surface area contributed by atoms with E-state index in [4.69, 9.17) is 9.84 Å². The highest BCUT2D eigenvalue weighted by Crippen LogP contribution is 1.99. The van der Waals surface area contributed by atoms with Crippen molar-refractivity contribution in [2.75, 3.05) is 25.5 Å². The molecular formula is C12H17NO5S. The number of nitrogens with one attached hydrogen (secondary N) is 1. The van der Waals surface area contributed by atoms with Crippen LogP contribution in [0.4, 0.5) is 0 Å². The lowest BCUT2D eigenvalue weighted by molar-refractivity contribution is -0.135. The molecule has 7 heteroatoms. The molecule has 0 saturated heterocycles. The third-order valence-electron chi connectivity index (χ3n) is 2.32. The second kappa shape index (κ2) is 7.88. The third-order valence-corrected chi connectivity index (χ3v) is 3.61. The molecule has 0 atom stereocenters. The van der Waals surface area contributed by atoms with Crippen molar-refractivity contribution in [2.24, 2.45) is 0 Å². The van der Waals surface area contributed by atoms with E-state index in [1.165, 1.54) is 0 Å². The topological polar surface area (TPSA) is 92.7 Å². The Labute approximate surface area is 112 Å². The number of carboxylic acids is 1. The van der Waals surface area contributed by atoms with E-state index in [2.05, 4.69) is 0 Å². The second-order valence-electron chi connectivity index (χ2n) is 3.88. The first-order valence-corrected chi connectivity index (χ1v) is 7.45. The smallest absolute Gasteiger partial charge is 0.318 e. The van der Waals surface area contributed by atoms with E-state index in [1.807, 2.05) is 35.1 Å². The van der Waals surface area contributed by atoms with Crippen LogP contribution in [0.15, 0.2) is 30.3 Å². The van der Waals surface area contributed by atoms with Gasteiger partial charge in [-0.05, 0) is 12.0 Å². The van der Waals surface area contributed by atoms with Gasteiger partial charge < -0.3 is 9.84 Å². The molecule has 1 aromatic carbocycles. The number of sulfonamides is 1. The van der Waals surface area contributed by atoms with Gasteiger partial charge in [0.15, 0.2) is 0 Å². The molecular weight excluding hydrogens is 270 g/mol. The molecule has 0 amide bonds. The van der Waals surface area contributed by atoms with Crippen LogP contribution in [-0.2, 0) is 26.0 Å². The summed E-state index contributed by atoms with van der Waals surface area (Å²) < 4.78 is 29.8. The Balaban J connectivity index is 2.15. The first-order chi connectivity index (χ1) is 8.99. The van der Waals surface area contributed by atoms with Gasteiger partial charge in [-0.25, -0.2) is 13.1 Å². The van der Waals surface area contributed by atoms with Crippen LogP contribution in [-0.4, -0.2) is 45.0 Å². The first-order valence-electron chi connectivity index (χ1n) is 5.80. The van der Waals surface area contributed by atoms with Crippen LogP contribution in [0.25, 0.3) is 0 Å². The van der Waals surface area contributed by atoms with Crippen molar-refractivity contribution in [2.45, 2.75) is 6.42 Å². The number of carbonyl (C=O) groups is 1. The summed E-state index contributed by atoms with van der Waals surface area (Å²) in [4.78, 5) is 10.2. The van der Waals surface area contributed by atoms with Crippen molar-refractivity contribution in [1.29, 1.82) is 0 Å². The van der Waals surface area contributed by atoms with Crippen LogP contribution in [0.2, 0.25) is 0 Å². The quantitative estimate of drug-likeness (QED) is 0.635. The second-order valence-corrected chi connectivity index (χ2v) is 5.81. The summed E-state index contributed by atoms with van der Waals surface area (Å²) in [5.41, 5.74) is 1.12. The normalized spacial score (nSPS) is 11.4. The zero-order chi connectivity index (χ0) is 14.1. The van der Waals surface area contributed by atoms with Gasteiger partial charge in [0.05, 0.1) is 19.0 Å². The molecule has 0 fully saturated rings. The van der Waals surface area contributed by atoms with E-state index < -0.39 is 22.5 Å². The van der Waals surface area contributed by atoms with Gasteiger partial charge in [0, 0.05) is 0 Å². The maximum atomic E-state index is 11.3. The minimum Gasteiger partial charge on any atom is -0.480 e. The standard InChI is InChI=1S/C12H17NO5S/c14-12(15)10-13-19(16,17)9-8-18-7-6-11-4-2-1-3-5-11/h1-5,13H,6-10H2,(H,14,15). The first kappa shape index (κ1) is 15.6. The summed E-state index contributed by atoms with van der Waals surface area (Å²) in [5, 5.41) is 8.35. The summed E-state index contributed by atoms with van der Waals surface area (Å²) in [6.07, 6.45) is 0.712. The van der Waals surface area contributed by atoms with Crippen molar-refractivity contribution >= 4 is 16.0 Å². The average Bonchev–Trinajstić information content (AvgIpc) is 2.37. The molecule has 0 aliphatic rings. The van der Waals surface area contributed by atoms with Crippen LogP contribution in [0.3, 0.4) is 0 Å². The van der Waals surface area contributed by atoms with Crippen molar-refractivity contribution in [1.82, 2.24) is 4.72 Å². The molecule has 2 N–H and O–H groups in total. The van der Waals surface area contributed by atoms with Gasteiger partial charge in [-0.2, -0.15) is 0 Å². The van der Waals surface area contributed by atoms with E-state index in [1.54, 1.807) is 0 Å². The maximum Gasteiger partial charge on any atom is 0.318 e. The Morgan fingerprint density at radius 2 is 1.89 bits per heavy atom. The predicted molar refractivity (Wildman–Crippen MR) is 70.4 cm³/mol. The predicted octanol–water partition coefficient (Wildman–Crippen LogP) is 0.250. The molecule has 0 bridgehead atoms. The van der Waals surface area contributed by atoms with Crippen molar-refractivity contribution in [3.63, 3.8) is 0 Å². The SMILES string of the molecule is O=C(O)CNS(=O)(=O)CCOCCc1ccccc1. The number of ether oxygens (including phenoxy) is 1. The number of benzene rings is 1. The highest BCUT2D eigenvalue weighted by atomic mass is 32.2. The van der Waals surface area contributed by atoms with E-state index in [-0.39, 0.29) is 12.4 Å². The molecule has 0 heterocycles. The van der Waals surface area contributed by atoms with Crippen LogP contribution in [0, 0.1) is 0 Å². The zero-order valence-electron chi connectivity index (χ0n) is 10.4. The van der Waals surface area contributed by atoms with Crippen LogP contribution in [0.5, 0.6) is 0 Å². The van der Waals surface area contributed by atoms with Crippen molar-refractivity contribution < 1.29 is 23.1 Å². The van der Waals surface area contributed by atoms with Crippen LogP contribution in [0.1, 0.15) is 5.56 Å². The van der Waals surface area contributed by atoms with Gasteiger partial charge in [0.25, 0.3) is 0 Å². The molecule has 0 unspecified atom stereocenters. The fourth-order valence-corrected chi connectivity index (χ4v) is 2.17. The molecule has 0 aliphatic heterocycles. The Kier molecular flexibility index (Phi) is 6.48. The fraction of sp³-hybridized carbons (Fsp3) is 0.417. The van der Waals surface area contributed by atoms with E-state index >= 15 is 0 Å². The van der Waals surface area contributed by atoms with Crippen molar-refractivity contribution in [3.8, 4) is 0 Å². The summed E-state index contributed by atoms with van der Waals surface area (Å²) in [6, 6.07) is 9.71. The summed E-state index contributed by atoms with van der Waals surface area (Å²) in [6.45, 7) is -0.132. The molecule has 1 aromatic rings. The number of rotatable bonds is 9. The number of hydrogen-bond acceptors (Lipinski definition) is 4. The number of aliphatic carboxylic acids is 1. The lowest BCUT2D eigenvalue weighted by atomic mass is 10.2. The van der Waals surface area contributed by atoms with Gasteiger partial charge in [-0.3, -0.25) is 4.79 Å². The Morgan fingerprint density at radius 1 is 1.21 bits per heavy atom. The molecule has 106 valence electrons. The maximum absolute atomic E-state index is 11.3. The van der Waals surface area contributed by atoms with Gasteiger partial charge in [-0.15, -0.1) is 0 Å². The highest BCUT2D eigenvalue weighted by Gasteiger charge is 2.11. The summed E-state index contributed by atoms with van der Waals surface area (Å²) in [5.74, 6) is -1.46. The van der Waals surface area contributed by atoms with E-state index in [0.29, 0.717) is 13.0 Å². The molecule has 0 aliphatic carbocycles. The number of carboxylic acid groups (broad SMARTS) is 1. The molecule has 0 saturated carbocycles. The lowest BCUT2D eigenvalue weighted by Gasteiger charge is -2.06. The van der Waals surface area contributed by atoms with Gasteiger partial charge >= 0.3 is 5.97 Å². The summed E-state index contributed by atoms with van der Waals surface area (Å²) in [7, 11) is -3.58. The molecule has 19 heavy (non-hydrogen) atoms. The Morgan fingerprint density at radius 3 is 2.53 bits per heavy atom. The Hall–Kier alpha value is -1.44. The third kappa shape index (κ3) is 7.55. The average molecular weight is 287 g/mol. The summed E-state index contributed by atoms with van der Waals surface area (Å²) >= 11 is 0. The fourth-order valence-electron chi connectivity index (χ4n) is 1.35. The highest BCUT2D eigenvalue weighted by molar-refractivity contribution is 7.89. The minimum absolute atomic E-state index is 0.0434. The largest absolute Gasteiger partial charge is 0.480 e. The van der Waals surface area contributed by atoms with Gasteiger partial charge in [-0.1, -0.05) is 30.3 Å². The zero-order valence-corrected chi connectivity index (χ0v) is 11.2. The van der Waals surface area contributed by atoms with Crippen LogP contribution >= 0.6 is 0 Å². The monoisotopic (exact) mass is 287 g/mol. The van der Waals surface area contributed by atoms with Crippen LogP contribution < -0.4 is 4.72 Å². The van der Waals surface area contributed by atoms with E-state index in [9.17, 15) is 13.2 Å². The molecule has 0 aromatic heterocycles. The number of hydrogen-bond donors (Lipinski definition) is 2. The van der Waals surface area contributed by atoms with E-state index in [0.717, 1.165) is 5.56 Å². The van der Waals surface area contributed by atoms with Gasteiger partial charge in [0.1, 0.15) is 6.54 Å². The minimum atomic E-state index is -3.58. The molecule has 0 spiro atoms. The molecule has 1 rings (SSSR count). The lowest BCUT2D eigenvalue weighted by Crippen LogP contribution is -2.32. The molecule has 6 nitrogen and oxygen atoms in total.